The quantitative estimate of drug-likeness (QED) is 0.680. The third-order valence-corrected chi connectivity index (χ3v) is 4.93. The van der Waals surface area contributed by atoms with Crippen molar-refractivity contribution in [3.8, 4) is 0 Å². The van der Waals surface area contributed by atoms with Crippen LogP contribution in [0.4, 0.5) is 0 Å². The summed E-state index contributed by atoms with van der Waals surface area (Å²) in [5, 5.41) is 3.55. The summed E-state index contributed by atoms with van der Waals surface area (Å²) in [5.74, 6) is 1.84. The molecule has 0 amide bonds. The van der Waals surface area contributed by atoms with Crippen LogP contribution in [0.1, 0.15) is 33.1 Å². The average molecular weight is 194 g/mol. The average Bonchev–Trinajstić information content (AvgIpc) is 2.54. The number of fused-ring (bicyclic) bond motifs is 1. The van der Waals surface area contributed by atoms with Crippen LogP contribution in [0.15, 0.2) is 0 Å². The Morgan fingerprint density at radius 2 is 2.00 bits per heavy atom. The van der Waals surface area contributed by atoms with E-state index in [2.05, 4.69) is 24.1 Å². The molecule has 80 valence electrons. The summed E-state index contributed by atoms with van der Waals surface area (Å²) in [5.41, 5.74) is 0.458. The molecule has 3 rings (SSSR count). The van der Waals surface area contributed by atoms with Crippen molar-refractivity contribution in [2.24, 2.45) is 11.8 Å². The molecular weight excluding hydrogens is 172 g/mol. The van der Waals surface area contributed by atoms with Crippen molar-refractivity contribution >= 4 is 0 Å². The van der Waals surface area contributed by atoms with E-state index in [0.29, 0.717) is 5.54 Å². The van der Waals surface area contributed by atoms with Gasteiger partial charge < -0.3 is 5.32 Å². The Kier molecular flexibility index (Phi) is 1.94. The smallest absolute Gasteiger partial charge is 0.0200 e. The normalized spacial score (nSPS) is 42.4. The lowest BCUT2D eigenvalue weighted by atomic mass is 9.82. The third kappa shape index (κ3) is 1.10. The van der Waals surface area contributed by atoms with E-state index < -0.39 is 0 Å². The van der Waals surface area contributed by atoms with Crippen LogP contribution >= 0.6 is 0 Å². The summed E-state index contributed by atoms with van der Waals surface area (Å²) in [6.07, 6.45) is 4.37. The number of hydrogen-bond acceptors (Lipinski definition) is 2. The molecular formula is C12H22N2. The van der Waals surface area contributed by atoms with Crippen LogP contribution in [-0.4, -0.2) is 36.1 Å². The highest BCUT2D eigenvalue weighted by Crippen LogP contribution is 2.44. The molecule has 0 bridgehead atoms. The van der Waals surface area contributed by atoms with Gasteiger partial charge in [0.15, 0.2) is 0 Å². The highest BCUT2D eigenvalue weighted by molar-refractivity contribution is 5.07. The Balaban J connectivity index is 1.80. The summed E-state index contributed by atoms with van der Waals surface area (Å²) in [4.78, 5) is 2.81. The third-order valence-electron chi connectivity index (χ3n) is 4.93. The van der Waals surface area contributed by atoms with Crippen molar-refractivity contribution in [3.63, 3.8) is 0 Å². The van der Waals surface area contributed by atoms with Crippen LogP contribution in [0.3, 0.4) is 0 Å². The molecule has 14 heavy (non-hydrogen) atoms. The first-order valence-electron chi connectivity index (χ1n) is 6.17. The maximum absolute atomic E-state index is 3.55. The van der Waals surface area contributed by atoms with Gasteiger partial charge in [0.25, 0.3) is 0 Å². The first kappa shape index (κ1) is 9.17. The van der Waals surface area contributed by atoms with E-state index in [0.717, 1.165) is 17.9 Å². The molecule has 2 heterocycles. The van der Waals surface area contributed by atoms with Crippen LogP contribution < -0.4 is 5.32 Å². The predicted molar refractivity (Wildman–Crippen MR) is 58.3 cm³/mol. The first-order chi connectivity index (χ1) is 6.69. The summed E-state index contributed by atoms with van der Waals surface area (Å²) in [6, 6.07) is 0.926. The van der Waals surface area contributed by atoms with Gasteiger partial charge in [0.2, 0.25) is 0 Å². The van der Waals surface area contributed by atoms with Gasteiger partial charge in [-0.2, -0.15) is 0 Å². The fourth-order valence-corrected chi connectivity index (χ4v) is 3.77. The molecule has 1 N–H and O–H groups in total. The minimum atomic E-state index is 0.458. The van der Waals surface area contributed by atoms with Crippen LogP contribution in [0.5, 0.6) is 0 Å². The van der Waals surface area contributed by atoms with Gasteiger partial charge in [-0.05, 0) is 45.1 Å². The lowest BCUT2D eigenvalue weighted by molar-refractivity contribution is 0.0478. The van der Waals surface area contributed by atoms with Gasteiger partial charge in [0.1, 0.15) is 0 Å². The van der Waals surface area contributed by atoms with Gasteiger partial charge >= 0.3 is 0 Å². The minimum absolute atomic E-state index is 0.458. The first-order valence-corrected chi connectivity index (χ1v) is 6.17. The van der Waals surface area contributed by atoms with Crippen LogP contribution in [0.2, 0.25) is 0 Å². The lowest BCUT2D eigenvalue weighted by Crippen LogP contribution is -2.51. The number of nitrogens with one attached hydrogen (secondary N) is 1. The molecule has 2 aliphatic heterocycles. The van der Waals surface area contributed by atoms with E-state index in [1.54, 1.807) is 0 Å². The van der Waals surface area contributed by atoms with Gasteiger partial charge in [-0.3, -0.25) is 4.90 Å². The van der Waals surface area contributed by atoms with Gasteiger partial charge in [0, 0.05) is 24.7 Å². The number of hydrogen-bond donors (Lipinski definition) is 1. The maximum Gasteiger partial charge on any atom is 0.0200 e. The summed E-state index contributed by atoms with van der Waals surface area (Å²) in [7, 11) is 0. The van der Waals surface area contributed by atoms with Gasteiger partial charge in [-0.15, -0.1) is 0 Å². The van der Waals surface area contributed by atoms with E-state index in [4.69, 9.17) is 0 Å². The van der Waals surface area contributed by atoms with Crippen molar-refractivity contribution in [3.05, 3.63) is 0 Å². The fourth-order valence-electron chi connectivity index (χ4n) is 3.77. The van der Waals surface area contributed by atoms with Gasteiger partial charge in [0.05, 0.1) is 0 Å². The number of likely N-dealkylation sites (tertiary alicyclic amines) is 1. The molecule has 1 aliphatic carbocycles. The van der Waals surface area contributed by atoms with E-state index >= 15 is 0 Å². The Morgan fingerprint density at radius 1 is 1.21 bits per heavy atom. The number of rotatable bonds is 1. The SMILES string of the molecule is CC1(C)C2CNCC2CN1C1CCC1. The van der Waals surface area contributed by atoms with Gasteiger partial charge in [-0.25, -0.2) is 0 Å². The van der Waals surface area contributed by atoms with Gasteiger partial charge in [-0.1, -0.05) is 6.42 Å². The molecule has 0 aromatic rings. The molecule has 2 nitrogen and oxygen atoms in total. The second-order valence-electron chi connectivity index (χ2n) is 5.92. The van der Waals surface area contributed by atoms with Crippen molar-refractivity contribution in [1.29, 1.82) is 0 Å². The second-order valence-corrected chi connectivity index (χ2v) is 5.92. The van der Waals surface area contributed by atoms with Crippen molar-refractivity contribution in [1.82, 2.24) is 10.2 Å². The monoisotopic (exact) mass is 194 g/mol. The summed E-state index contributed by atoms with van der Waals surface area (Å²) >= 11 is 0. The highest BCUT2D eigenvalue weighted by Gasteiger charge is 2.51. The summed E-state index contributed by atoms with van der Waals surface area (Å²) in [6.45, 7) is 8.79. The van der Waals surface area contributed by atoms with Crippen LogP contribution in [0.25, 0.3) is 0 Å². The molecule has 3 aliphatic rings. The Labute approximate surface area is 87.0 Å². The molecule has 2 saturated heterocycles. The molecule has 0 aromatic heterocycles. The van der Waals surface area contributed by atoms with E-state index in [-0.39, 0.29) is 0 Å². The predicted octanol–water partition coefficient (Wildman–Crippen LogP) is 1.47. The van der Waals surface area contributed by atoms with E-state index in [9.17, 15) is 0 Å². The van der Waals surface area contributed by atoms with E-state index in [1.807, 2.05) is 0 Å². The molecule has 2 heteroatoms. The fraction of sp³-hybridized carbons (Fsp3) is 1.00. The largest absolute Gasteiger partial charge is 0.316 e. The zero-order valence-electron chi connectivity index (χ0n) is 9.42. The molecule has 0 aromatic carbocycles. The molecule has 2 atom stereocenters. The lowest BCUT2D eigenvalue weighted by Gasteiger charge is -2.45. The maximum atomic E-state index is 3.55. The molecule has 0 spiro atoms. The molecule has 3 fully saturated rings. The topological polar surface area (TPSA) is 15.3 Å². The van der Waals surface area contributed by atoms with Crippen molar-refractivity contribution < 1.29 is 0 Å². The van der Waals surface area contributed by atoms with Crippen molar-refractivity contribution in [2.75, 3.05) is 19.6 Å². The molecule has 0 radical (unpaired) electrons. The standard InChI is InChI=1S/C12H22N2/c1-12(2)11-7-13-6-9(11)8-14(12)10-4-3-5-10/h9-11,13H,3-8H2,1-2H3. The van der Waals surface area contributed by atoms with Crippen LogP contribution in [-0.2, 0) is 0 Å². The minimum Gasteiger partial charge on any atom is -0.316 e. The second kappa shape index (κ2) is 2.96. The highest BCUT2D eigenvalue weighted by atomic mass is 15.3. The molecule has 2 unspecified atom stereocenters. The zero-order valence-corrected chi connectivity index (χ0v) is 9.42. The Morgan fingerprint density at radius 3 is 2.57 bits per heavy atom. The summed E-state index contributed by atoms with van der Waals surface area (Å²) < 4.78 is 0. The van der Waals surface area contributed by atoms with Crippen LogP contribution in [0, 0.1) is 11.8 Å². The Hall–Kier alpha value is -0.0800. The van der Waals surface area contributed by atoms with Crippen molar-refractivity contribution in [2.45, 2.75) is 44.7 Å². The Bertz CT molecular complexity index is 232. The zero-order chi connectivity index (χ0) is 9.76. The molecule has 1 saturated carbocycles. The van der Waals surface area contributed by atoms with E-state index in [1.165, 1.54) is 38.9 Å². The number of nitrogens with zero attached hydrogens (tertiary/aromatic N) is 1.